The number of rotatable bonds is 5. The predicted octanol–water partition coefficient (Wildman–Crippen LogP) is 3.73. The SMILES string of the molecule is CCOc1cc2nc(C3CCN(C(C)=O)C3)cn2cc1NC(=O)c1cccc(C(F)(F)F)n1. The molecule has 11 heteroatoms. The topological polar surface area (TPSA) is 88.8 Å². The van der Waals surface area contributed by atoms with E-state index in [0.717, 1.165) is 24.2 Å². The summed E-state index contributed by atoms with van der Waals surface area (Å²) in [6.45, 7) is 4.88. The molecule has 3 aromatic rings. The third-order valence-corrected chi connectivity index (χ3v) is 5.45. The van der Waals surface area contributed by atoms with Gasteiger partial charge in [-0.2, -0.15) is 13.2 Å². The van der Waals surface area contributed by atoms with Crippen LogP contribution in [-0.4, -0.2) is 50.8 Å². The normalized spacial score (nSPS) is 16.3. The van der Waals surface area contributed by atoms with Crippen molar-refractivity contribution in [2.45, 2.75) is 32.4 Å². The molecule has 1 aliphatic heterocycles. The molecule has 0 spiro atoms. The Bertz CT molecular complexity index is 1210. The van der Waals surface area contributed by atoms with E-state index >= 15 is 0 Å². The van der Waals surface area contributed by atoms with Crippen molar-refractivity contribution < 1.29 is 27.5 Å². The van der Waals surface area contributed by atoms with Crippen LogP contribution < -0.4 is 10.1 Å². The fourth-order valence-corrected chi connectivity index (χ4v) is 3.79. The Labute approximate surface area is 187 Å². The number of anilines is 1. The number of alkyl halides is 3. The molecular formula is C22H22F3N5O3. The molecule has 2 amide bonds. The van der Waals surface area contributed by atoms with Crippen molar-refractivity contribution in [1.29, 1.82) is 0 Å². The van der Waals surface area contributed by atoms with Gasteiger partial charge >= 0.3 is 6.18 Å². The fourth-order valence-electron chi connectivity index (χ4n) is 3.79. The largest absolute Gasteiger partial charge is 0.491 e. The average molecular weight is 461 g/mol. The van der Waals surface area contributed by atoms with E-state index in [0.29, 0.717) is 31.1 Å². The Morgan fingerprint density at radius 1 is 1.24 bits per heavy atom. The first-order valence-corrected chi connectivity index (χ1v) is 10.4. The van der Waals surface area contributed by atoms with E-state index in [1.807, 2.05) is 6.20 Å². The van der Waals surface area contributed by atoms with Crippen molar-refractivity contribution in [3.8, 4) is 5.75 Å². The summed E-state index contributed by atoms with van der Waals surface area (Å²) in [5.41, 5.74) is 0.156. The number of amides is 2. The molecular weight excluding hydrogens is 439 g/mol. The molecule has 1 saturated heterocycles. The van der Waals surface area contributed by atoms with E-state index in [1.54, 1.807) is 28.5 Å². The maximum atomic E-state index is 12.9. The molecule has 0 radical (unpaired) electrons. The number of nitrogens with zero attached hydrogens (tertiary/aromatic N) is 4. The van der Waals surface area contributed by atoms with Gasteiger partial charge in [-0.1, -0.05) is 6.07 Å². The number of carbonyl (C=O) groups is 2. The molecule has 1 fully saturated rings. The van der Waals surface area contributed by atoms with Gasteiger partial charge in [0.25, 0.3) is 5.91 Å². The van der Waals surface area contributed by atoms with Gasteiger partial charge in [0.05, 0.1) is 12.3 Å². The van der Waals surface area contributed by atoms with Gasteiger partial charge in [0.1, 0.15) is 28.5 Å². The summed E-state index contributed by atoms with van der Waals surface area (Å²) in [7, 11) is 0. The van der Waals surface area contributed by atoms with Crippen LogP contribution in [0.2, 0.25) is 0 Å². The Hall–Kier alpha value is -3.63. The molecule has 0 bridgehead atoms. The van der Waals surface area contributed by atoms with Crippen LogP contribution in [0.1, 0.15) is 48.1 Å². The van der Waals surface area contributed by atoms with Crippen LogP contribution in [-0.2, 0) is 11.0 Å². The van der Waals surface area contributed by atoms with Gasteiger partial charge in [-0.25, -0.2) is 9.97 Å². The third kappa shape index (κ3) is 4.76. The Kier molecular flexibility index (Phi) is 5.96. The smallest absolute Gasteiger partial charge is 0.433 e. The van der Waals surface area contributed by atoms with Crippen LogP contribution in [0.4, 0.5) is 18.9 Å². The van der Waals surface area contributed by atoms with E-state index in [1.165, 1.54) is 13.0 Å². The second-order valence-corrected chi connectivity index (χ2v) is 7.73. The minimum absolute atomic E-state index is 0.0214. The quantitative estimate of drug-likeness (QED) is 0.626. The number of carbonyl (C=O) groups excluding carboxylic acids is 2. The number of hydrogen-bond donors (Lipinski definition) is 1. The van der Waals surface area contributed by atoms with Gasteiger partial charge in [0.2, 0.25) is 5.91 Å². The van der Waals surface area contributed by atoms with Crippen molar-refractivity contribution in [3.05, 3.63) is 53.7 Å². The number of halogens is 3. The summed E-state index contributed by atoms with van der Waals surface area (Å²) in [4.78, 5) is 34.1. The first-order chi connectivity index (χ1) is 15.7. The molecule has 8 nitrogen and oxygen atoms in total. The predicted molar refractivity (Wildman–Crippen MR) is 113 cm³/mol. The van der Waals surface area contributed by atoms with Gasteiger partial charge in [0.15, 0.2) is 0 Å². The Balaban J connectivity index is 1.62. The van der Waals surface area contributed by atoms with Gasteiger partial charge in [-0.05, 0) is 25.5 Å². The molecule has 0 aromatic carbocycles. The molecule has 0 aliphatic carbocycles. The number of ether oxygens (including phenoxy) is 1. The average Bonchev–Trinajstić information content (AvgIpc) is 3.40. The van der Waals surface area contributed by atoms with Crippen LogP contribution >= 0.6 is 0 Å². The molecule has 4 heterocycles. The summed E-state index contributed by atoms with van der Waals surface area (Å²) in [6.07, 6.45) is -0.443. The lowest BCUT2D eigenvalue weighted by Crippen LogP contribution is -2.25. The molecule has 1 unspecified atom stereocenters. The van der Waals surface area contributed by atoms with E-state index < -0.39 is 17.8 Å². The zero-order valence-electron chi connectivity index (χ0n) is 18.0. The molecule has 4 rings (SSSR count). The van der Waals surface area contributed by atoms with E-state index in [4.69, 9.17) is 4.74 Å². The van der Waals surface area contributed by atoms with E-state index in [2.05, 4.69) is 15.3 Å². The number of fused-ring (bicyclic) bond motifs is 1. The van der Waals surface area contributed by atoms with Crippen LogP contribution in [0.25, 0.3) is 5.65 Å². The highest BCUT2D eigenvalue weighted by Crippen LogP contribution is 2.31. The van der Waals surface area contributed by atoms with Gasteiger partial charge in [0, 0.05) is 44.4 Å². The number of likely N-dealkylation sites (tertiary alicyclic amines) is 1. The zero-order chi connectivity index (χ0) is 23.8. The zero-order valence-corrected chi connectivity index (χ0v) is 18.0. The minimum Gasteiger partial charge on any atom is -0.491 e. The highest BCUT2D eigenvalue weighted by molar-refractivity contribution is 6.03. The lowest BCUT2D eigenvalue weighted by atomic mass is 10.1. The molecule has 3 aromatic heterocycles. The first-order valence-electron chi connectivity index (χ1n) is 10.4. The monoisotopic (exact) mass is 461 g/mol. The highest BCUT2D eigenvalue weighted by atomic mass is 19.4. The van der Waals surface area contributed by atoms with Crippen LogP contribution in [0, 0.1) is 0 Å². The maximum Gasteiger partial charge on any atom is 0.433 e. The van der Waals surface area contributed by atoms with Crippen LogP contribution in [0.3, 0.4) is 0 Å². The summed E-state index contributed by atoms with van der Waals surface area (Å²) >= 11 is 0. The molecule has 33 heavy (non-hydrogen) atoms. The van der Waals surface area contributed by atoms with Gasteiger partial charge in [-0.15, -0.1) is 0 Å². The lowest BCUT2D eigenvalue weighted by molar-refractivity contribution is -0.141. The number of imidazole rings is 1. The standard InChI is InChI=1S/C22H22F3N5O3/c1-3-33-18-9-20-27-16(14-7-8-29(10-14)13(2)31)11-30(20)12-17(18)28-21(32)15-5-4-6-19(26-15)22(23,24)25/h4-6,9,11-12,14H,3,7-8,10H2,1-2H3,(H,28,32). The summed E-state index contributed by atoms with van der Waals surface area (Å²) < 4.78 is 46.2. The minimum atomic E-state index is -4.66. The fraction of sp³-hybridized carbons (Fsp3) is 0.364. The van der Waals surface area contributed by atoms with Crippen molar-refractivity contribution in [3.63, 3.8) is 0 Å². The number of nitrogens with one attached hydrogen (secondary N) is 1. The van der Waals surface area contributed by atoms with Crippen LogP contribution in [0.15, 0.2) is 36.7 Å². The highest BCUT2D eigenvalue weighted by Gasteiger charge is 2.33. The number of pyridine rings is 2. The molecule has 1 N–H and O–H groups in total. The lowest BCUT2D eigenvalue weighted by Gasteiger charge is -2.12. The Morgan fingerprint density at radius 2 is 2.03 bits per heavy atom. The van der Waals surface area contributed by atoms with Gasteiger partial charge in [-0.3, -0.25) is 9.59 Å². The maximum absolute atomic E-state index is 12.9. The molecule has 1 aliphatic rings. The second kappa shape index (κ2) is 8.72. The molecule has 174 valence electrons. The molecule has 1 atom stereocenters. The summed E-state index contributed by atoms with van der Waals surface area (Å²) in [5, 5.41) is 2.59. The Morgan fingerprint density at radius 3 is 2.70 bits per heavy atom. The van der Waals surface area contributed by atoms with Crippen molar-refractivity contribution in [2.75, 3.05) is 25.0 Å². The first kappa shape index (κ1) is 22.6. The van der Waals surface area contributed by atoms with E-state index in [9.17, 15) is 22.8 Å². The van der Waals surface area contributed by atoms with Crippen molar-refractivity contribution in [1.82, 2.24) is 19.3 Å². The molecule has 0 saturated carbocycles. The summed E-state index contributed by atoms with van der Waals surface area (Å²) in [5.74, 6) is -0.348. The number of aromatic nitrogens is 3. The van der Waals surface area contributed by atoms with Crippen LogP contribution in [0.5, 0.6) is 5.75 Å². The van der Waals surface area contributed by atoms with E-state index in [-0.39, 0.29) is 23.2 Å². The van der Waals surface area contributed by atoms with Crippen molar-refractivity contribution >= 4 is 23.1 Å². The van der Waals surface area contributed by atoms with Gasteiger partial charge < -0.3 is 19.4 Å². The second-order valence-electron chi connectivity index (χ2n) is 7.73. The van der Waals surface area contributed by atoms with Crippen molar-refractivity contribution in [2.24, 2.45) is 0 Å². The summed E-state index contributed by atoms with van der Waals surface area (Å²) in [6, 6.07) is 4.79. The number of hydrogen-bond acceptors (Lipinski definition) is 5. The third-order valence-electron chi connectivity index (χ3n) is 5.45.